The van der Waals surface area contributed by atoms with Crippen LogP contribution in [0.3, 0.4) is 0 Å². The molecule has 9 heteroatoms. The zero-order valence-electron chi connectivity index (χ0n) is 26.3. The fraction of sp³-hybridized carbons (Fsp3) is 0.429. The second kappa shape index (κ2) is 11.4. The molecule has 3 aromatic carbocycles. The lowest BCUT2D eigenvalue weighted by atomic mass is 9.82. The van der Waals surface area contributed by atoms with Crippen molar-refractivity contribution in [3.63, 3.8) is 0 Å². The molecule has 2 amide bonds. The van der Waals surface area contributed by atoms with Gasteiger partial charge < -0.3 is 24.4 Å². The number of carbonyl (C=O) groups is 2. The van der Waals surface area contributed by atoms with Crippen molar-refractivity contribution in [3.05, 3.63) is 87.4 Å². The summed E-state index contributed by atoms with van der Waals surface area (Å²) in [5.74, 6) is 0.456. The summed E-state index contributed by atoms with van der Waals surface area (Å²) in [6.45, 7) is 9.15. The van der Waals surface area contributed by atoms with E-state index in [1.54, 1.807) is 12.0 Å². The van der Waals surface area contributed by atoms with Crippen LogP contribution in [-0.2, 0) is 32.9 Å². The Hall–Kier alpha value is -2.98. The van der Waals surface area contributed by atoms with Crippen molar-refractivity contribution in [3.8, 4) is 5.75 Å². The van der Waals surface area contributed by atoms with E-state index in [0.717, 1.165) is 32.6 Å². The number of aryl methyl sites for hydroxylation is 1. The van der Waals surface area contributed by atoms with E-state index in [0.29, 0.717) is 13.0 Å². The molecule has 1 fully saturated rings. The molecule has 0 bridgehead atoms. The maximum Gasteiger partial charge on any atom is 0.264 e. The predicted molar refractivity (Wildman–Crippen MR) is 178 cm³/mol. The standard InChI is InChI=1S/C35H41BrN2O5Si/c1-21-15-28-32(29(36)16-21)37(3)34(41)35(28)22(2)33(44(5,6)27-13-11-26(42-4)12-14-27)30(43-35)18-31(40)38-19-24-10-8-7-9-23(24)17-25(38)20-39/h7-16,22,25,30,33,39H,17-20H2,1-6H3/t22-,25-,30+,33-,35+/m0/s1. The minimum Gasteiger partial charge on any atom is -0.497 e. The number of benzene rings is 3. The van der Waals surface area contributed by atoms with Crippen LogP contribution in [0.2, 0.25) is 18.6 Å². The second-order valence-corrected chi connectivity index (χ2v) is 18.7. The molecule has 0 saturated carbocycles. The highest BCUT2D eigenvalue weighted by Gasteiger charge is 2.66. The van der Waals surface area contributed by atoms with E-state index >= 15 is 0 Å². The first kappa shape index (κ1) is 31.0. The Kier molecular flexibility index (Phi) is 8.05. The summed E-state index contributed by atoms with van der Waals surface area (Å²) < 4.78 is 13.4. The molecule has 3 aliphatic heterocycles. The number of rotatable bonds is 6. The summed E-state index contributed by atoms with van der Waals surface area (Å²) in [6, 6.07) is 20.2. The average molecular weight is 678 g/mol. The number of anilines is 1. The van der Waals surface area contributed by atoms with E-state index in [-0.39, 0.29) is 42.3 Å². The highest BCUT2D eigenvalue weighted by molar-refractivity contribution is 9.10. The quantitative estimate of drug-likeness (QED) is 0.359. The molecule has 3 aliphatic rings. The number of halogens is 1. The highest BCUT2D eigenvalue weighted by Crippen LogP contribution is 2.60. The van der Waals surface area contributed by atoms with Gasteiger partial charge in [-0.25, -0.2) is 0 Å². The lowest BCUT2D eigenvalue weighted by Crippen LogP contribution is -2.52. The van der Waals surface area contributed by atoms with Gasteiger partial charge in [0.1, 0.15) is 5.75 Å². The molecule has 3 heterocycles. The van der Waals surface area contributed by atoms with Crippen LogP contribution < -0.4 is 14.8 Å². The van der Waals surface area contributed by atoms with Gasteiger partial charge >= 0.3 is 0 Å². The van der Waals surface area contributed by atoms with E-state index < -0.39 is 19.8 Å². The van der Waals surface area contributed by atoms with Crippen LogP contribution in [0.5, 0.6) is 5.75 Å². The van der Waals surface area contributed by atoms with Crippen LogP contribution in [0, 0.1) is 12.8 Å². The molecule has 7 nitrogen and oxygen atoms in total. The summed E-state index contributed by atoms with van der Waals surface area (Å²) >= 11 is 3.72. The van der Waals surface area contributed by atoms with E-state index in [4.69, 9.17) is 9.47 Å². The number of hydrogen-bond donors (Lipinski definition) is 1. The third-order valence-electron chi connectivity index (χ3n) is 10.4. The molecule has 5 atom stereocenters. The monoisotopic (exact) mass is 676 g/mol. The molecular formula is C35H41BrN2O5Si. The molecule has 0 radical (unpaired) electrons. The summed E-state index contributed by atoms with van der Waals surface area (Å²) in [7, 11) is 1.08. The molecule has 1 saturated heterocycles. The molecule has 1 spiro atoms. The molecule has 44 heavy (non-hydrogen) atoms. The Morgan fingerprint density at radius 1 is 1.14 bits per heavy atom. The van der Waals surface area contributed by atoms with E-state index in [1.807, 2.05) is 49.2 Å². The van der Waals surface area contributed by atoms with Crippen LogP contribution in [0.1, 0.15) is 35.6 Å². The summed E-state index contributed by atoms with van der Waals surface area (Å²) in [4.78, 5) is 32.2. The van der Waals surface area contributed by atoms with Gasteiger partial charge in [-0.3, -0.25) is 9.59 Å². The van der Waals surface area contributed by atoms with Gasteiger partial charge in [0.05, 0.1) is 46.0 Å². The molecule has 0 aliphatic carbocycles. The van der Waals surface area contributed by atoms with Gasteiger partial charge in [0.2, 0.25) is 5.91 Å². The molecule has 3 aromatic rings. The predicted octanol–water partition coefficient (Wildman–Crippen LogP) is 5.29. The molecule has 0 aromatic heterocycles. The third kappa shape index (κ3) is 4.74. The Morgan fingerprint density at radius 2 is 1.82 bits per heavy atom. The highest BCUT2D eigenvalue weighted by atomic mass is 79.9. The molecular weight excluding hydrogens is 636 g/mol. The van der Waals surface area contributed by atoms with Crippen LogP contribution in [0.25, 0.3) is 0 Å². The SMILES string of the molecule is COc1ccc([Si](C)(C)[C@@H]2[C@@H](CC(=O)N3Cc4ccccc4C[C@H]3CO)O[C@]3(C(=O)N(C)c4c(Br)cc(C)cc43)[C@H]2C)cc1. The maximum absolute atomic E-state index is 14.4. The van der Waals surface area contributed by atoms with Crippen molar-refractivity contribution < 1.29 is 24.2 Å². The van der Waals surface area contributed by atoms with Gasteiger partial charge in [-0.05, 0) is 69.7 Å². The van der Waals surface area contributed by atoms with E-state index in [1.165, 1.54) is 10.8 Å². The number of amides is 2. The first-order valence-corrected chi connectivity index (χ1v) is 19.2. The number of aliphatic hydroxyl groups is 1. The summed E-state index contributed by atoms with van der Waals surface area (Å²) in [6.07, 6.45) is 0.269. The first-order valence-electron chi connectivity index (χ1n) is 15.3. The van der Waals surface area contributed by atoms with Gasteiger partial charge in [0.15, 0.2) is 5.60 Å². The fourth-order valence-electron chi connectivity index (χ4n) is 8.18. The maximum atomic E-state index is 14.4. The van der Waals surface area contributed by atoms with Gasteiger partial charge in [-0.1, -0.05) is 67.7 Å². The smallest absolute Gasteiger partial charge is 0.264 e. The lowest BCUT2D eigenvalue weighted by Gasteiger charge is -2.39. The number of hydrogen-bond acceptors (Lipinski definition) is 5. The van der Waals surface area contributed by atoms with Gasteiger partial charge in [0.25, 0.3) is 5.91 Å². The summed E-state index contributed by atoms with van der Waals surface area (Å²) in [5.41, 5.74) is 3.76. The number of aliphatic hydroxyl groups excluding tert-OH is 1. The Balaban J connectivity index is 1.43. The van der Waals surface area contributed by atoms with Crippen molar-refractivity contribution >= 4 is 46.7 Å². The first-order chi connectivity index (χ1) is 20.9. The zero-order chi connectivity index (χ0) is 31.6. The number of methoxy groups -OCH3 is 1. The number of nitrogens with zero attached hydrogens (tertiary/aromatic N) is 2. The Labute approximate surface area is 269 Å². The Bertz CT molecular complexity index is 1610. The lowest BCUT2D eigenvalue weighted by molar-refractivity contribution is -0.150. The fourth-order valence-corrected chi connectivity index (χ4v) is 13.0. The number of ether oxygens (including phenoxy) is 2. The summed E-state index contributed by atoms with van der Waals surface area (Å²) in [5, 5.41) is 11.5. The Morgan fingerprint density at radius 3 is 2.48 bits per heavy atom. The van der Waals surface area contributed by atoms with Crippen molar-refractivity contribution in [1.29, 1.82) is 0 Å². The van der Waals surface area contributed by atoms with Gasteiger partial charge in [-0.15, -0.1) is 0 Å². The van der Waals surface area contributed by atoms with Crippen molar-refractivity contribution in [1.82, 2.24) is 4.90 Å². The van der Waals surface area contributed by atoms with Crippen LogP contribution in [0.4, 0.5) is 5.69 Å². The van der Waals surface area contributed by atoms with Crippen molar-refractivity contribution in [2.45, 2.75) is 69.6 Å². The normalized spacial score (nSPS) is 26.2. The topological polar surface area (TPSA) is 79.3 Å². The van der Waals surface area contributed by atoms with Crippen LogP contribution in [0.15, 0.2) is 65.1 Å². The van der Waals surface area contributed by atoms with E-state index in [2.05, 4.69) is 66.3 Å². The number of likely N-dealkylation sites (N-methyl/N-ethyl adjacent to an activating group) is 1. The van der Waals surface area contributed by atoms with Crippen molar-refractivity contribution in [2.75, 3.05) is 25.7 Å². The third-order valence-corrected chi connectivity index (χ3v) is 15.4. The minimum absolute atomic E-state index is 0.0490. The van der Waals surface area contributed by atoms with E-state index in [9.17, 15) is 14.7 Å². The zero-order valence-corrected chi connectivity index (χ0v) is 28.8. The molecule has 1 N–H and O–H groups in total. The second-order valence-electron chi connectivity index (χ2n) is 13.2. The molecule has 232 valence electrons. The number of fused-ring (bicyclic) bond motifs is 3. The van der Waals surface area contributed by atoms with Crippen LogP contribution in [-0.4, -0.2) is 62.8 Å². The number of carbonyl (C=O) groups excluding carboxylic acids is 2. The van der Waals surface area contributed by atoms with Crippen LogP contribution >= 0.6 is 15.9 Å². The minimum atomic E-state index is -2.38. The van der Waals surface area contributed by atoms with Crippen molar-refractivity contribution in [2.24, 2.45) is 5.92 Å². The largest absolute Gasteiger partial charge is 0.497 e. The van der Waals surface area contributed by atoms with Gasteiger partial charge in [0, 0.05) is 29.5 Å². The average Bonchev–Trinajstić information content (AvgIpc) is 3.42. The molecule has 0 unspecified atom stereocenters. The molecule has 6 rings (SSSR count). The van der Waals surface area contributed by atoms with Gasteiger partial charge in [-0.2, -0.15) is 0 Å².